The van der Waals surface area contributed by atoms with Crippen molar-refractivity contribution in [3.8, 4) is 0 Å². The van der Waals surface area contributed by atoms with Crippen molar-refractivity contribution in [3.63, 3.8) is 0 Å². The van der Waals surface area contributed by atoms with Gasteiger partial charge in [-0.2, -0.15) is 0 Å². The van der Waals surface area contributed by atoms with Gasteiger partial charge in [-0.15, -0.1) is 0 Å². The first-order valence-corrected chi connectivity index (χ1v) is 6.25. The molecule has 0 fully saturated rings. The van der Waals surface area contributed by atoms with Gasteiger partial charge < -0.3 is 15.7 Å². The minimum atomic E-state index is -0.888. The second-order valence-corrected chi connectivity index (χ2v) is 4.89. The number of benzene rings is 1. The molecule has 0 radical (unpaired) electrons. The third kappa shape index (κ3) is 5.14. The zero-order valence-electron chi connectivity index (χ0n) is 10.5. The lowest BCUT2D eigenvalue weighted by atomic mass is 10.0. The molecule has 3 N–H and O–H groups in total. The van der Waals surface area contributed by atoms with Crippen molar-refractivity contribution >= 4 is 29.0 Å². The Bertz CT molecular complexity index is 407. The van der Waals surface area contributed by atoms with Gasteiger partial charge in [0.25, 0.3) is 0 Å². The van der Waals surface area contributed by atoms with Crippen molar-refractivity contribution in [3.05, 3.63) is 30.3 Å². The highest BCUT2D eigenvalue weighted by atomic mass is 32.1. The summed E-state index contributed by atoms with van der Waals surface area (Å²) in [4.78, 5) is 11.1. The molecule has 0 saturated heterocycles. The van der Waals surface area contributed by atoms with Crippen molar-refractivity contribution in [2.75, 3.05) is 5.32 Å². The topological polar surface area (TPSA) is 61.4 Å². The number of para-hydroxylation sites is 1. The summed E-state index contributed by atoms with van der Waals surface area (Å²) in [6, 6.07) is 8.74. The molecule has 18 heavy (non-hydrogen) atoms. The van der Waals surface area contributed by atoms with Gasteiger partial charge in [-0.25, -0.2) is 4.79 Å². The second-order valence-electron chi connectivity index (χ2n) is 4.48. The van der Waals surface area contributed by atoms with Gasteiger partial charge in [0, 0.05) is 5.69 Å². The number of anilines is 1. The summed E-state index contributed by atoms with van der Waals surface area (Å²) in [6.07, 6.45) is 0.534. The lowest BCUT2D eigenvalue weighted by Crippen LogP contribution is -2.43. The number of nitrogens with one attached hydrogen (secondary N) is 2. The number of rotatable bonds is 5. The van der Waals surface area contributed by atoms with Crippen LogP contribution in [0.3, 0.4) is 0 Å². The summed E-state index contributed by atoms with van der Waals surface area (Å²) in [6.45, 7) is 3.95. The molecule has 0 aliphatic heterocycles. The van der Waals surface area contributed by atoms with Gasteiger partial charge in [0.1, 0.15) is 6.04 Å². The van der Waals surface area contributed by atoms with Crippen LogP contribution in [-0.4, -0.2) is 22.2 Å². The van der Waals surface area contributed by atoms with Gasteiger partial charge in [-0.3, -0.25) is 0 Å². The molecular weight excluding hydrogens is 248 g/mol. The maximum atomic E-state index is 11.1. The summed E-state index contributed by atoms with van der Waals surface area (Å²) in [5, 5.41) is 15.2. The average molecular weight is 266 g/mol. The van der Waals surface area contributed by atoms with Crippen molar-refractivity contribution in [2.24, 2.45) is 5.92 Å². The largest absolute Gasteiger partial charge is 0.480 e. The Kier molecular flexibility index (Phi) is 5.58. The van der Waals surface area contributed by atoms with Crippen LogP contribution >= 0.6 is 12.2 Å². The van der Waals surface area contributed by atoms with Crippen molar-refractivity contribution in [1.29, 1.82) is 0 Å². The predicted octanol–water partition coefficient (Wildman–Crippen LogP) is 2.47. The third-order valence-electron chi connectivity index (χ3n) is 2.34. The molecule has 0 amide bonds. The molecule has 1 aromatic rings. The van der Waals surface area contributed by atoms with E-state index in [1.807, 2.05) is 44.2 Å². The standard InChI is InChI=1S/C13H18N2O2S/c1-9(2)8-11(12(16)17)15-13(18)14-10-6-4-3-5-7-10/h3-7,9,11H,8H2,1-2H3,(H,16,17)(H2,14,15,18)/t11-/m1/s1. The number of hydrogen-bond acceptors (Lipinski definition) is 2. The highest BCUT2D eigenvalue weighted by Gasteiger charge is 2.19. The monoisotopic (exact) mass is 266 g/mol. The van der Waals surface area contributed by atoms with Crippen LogP contribution < -0.4 is 10.6 Å². The van der Waals surface area contributed by atoms with E-state index in [1.165, 1.54) is 0 Å². The fourth-order valence-electron chi connectivity index (χ4n) is 1.54. The fourth-order valence-corrected chi connectivity index (χ4v) is 1.80. The normalized spacial score (nSPS) is 11.9. The van der Waals surface area contributed by atoms with Crippen molar-refractivity contribution < 1.29 is 9.90 Å². The van der Waals surface area contributed by atoms with E-state index in [2.05, 4.69) is 10.6 Å². The molecule has 1 aromatic carbocycles. The molecule has 0 spiro atoms. The highest BCUT2D eigenvalue weighted by Crippen LogP contribution is 2.07. The number of hydrogen-bond donors (Lipinski definition) is 3. The molecule has 0 bridgehead atoms. The first kappa shape index (κ1) is 14.4. The second kappa shape index (κ2) is 6.96. The van der Waals surface area contributed by atoms with Crippen LogP contribution in [0.25, 0.3) is 0 Å². The summed E-state index contributed by atoms with van der Waals surface area (Å²) in [7, 11) is 0. The zero-order chi connectivity index (χ0) is 13.5. The van der Waals surface area contributed by atoms with Gasteiger partial charge in [-0.1, -0.05) is 32.0 Å². The maximum absolute atomic E-state index is 11.1. The number of thiocarbonyl (C=S) groups is 1. The first-order chi connectivity index (χ1) is 8.49. The van der Waals surface area contributed by atoms with Gasteiger partial charge >= 0.3 is 5.97 Å². The van der Waals surface area contributed by atoms with Crippen LogP contribution in [-0.2, 0) is 4.79 Å². The van der Waals surface area contributed by atoms with E-state index in [9.17, 15) is 4.79 Å². The van der Waals surface area contributed by atoms with Gasteiger partial charge in [0.15, 0.2) is 5.11 Å². The Labute approximate surface area is 112 Å². The molecule has 0 unspecified atom stereocenters. The van der Waals surface area contributed by atoms with Gasteiger partial charge in [0.05, 0.1) is 0 Å². The van der Waals surface area contributed by atoms with Crippen LogP contribution in [0, 0.1) is 5.92 Å². The van der Waals surface area contributed by atoms with E-state index >= 15 is 0 Å². The third-order valence-corrected chi connectivity index (χ3v) is 2.56. The van der Waals surface area contributed by atoms with E-state index in [0.717, 1.165) is 5.69 Å². The number of carboxylic acid groups (broad SMARTS) is 1. The van der Waals surface area contributed by atoms with Gasteiger partial charge in [0.2, 0.25) is 0 Å². The summed E-state index contributed by atoms with van der Waals surface area (Å²) >= 11 is 5.10. The smallest absolute Gasteiger partial charge is 0.326 e. The fraction of sp³-hybridized carbons (Fsp3) is 0.385. The lowest BCUT2D eigenvalue weighted by Gasteiger charge is -2.18. The predicted molar refractivity (Wildman–Crippen MR) is 76.7 cm³/mol. The molecule has 1 rings (SSSR count). The SMILES string of the molecule is CC(C)C[C@@H](NC(=S)Nc1ccccc1)C(=O)O. The van der Waals surface area contributed by atoms with E-state index in [-0.39, 0.29) is 5.92 Å². The maximum Gasteiger partial charge on any atom is 0.326 e. The average Bonchev–Trinajstić information content (AvgIpc) is 2.28. The first-order valence-electron chi connectivity index (χ1n) is 5.84. The summed E-state index contributed by atoms with van der Waals surface area (Å²) in [5.41, 5.74) is 0.837. The molecule has 0 aliphatic rings. The molecule has 98 valence electrons. The lowest BCUT2D eigenvalue weighted by molar-refractivity contribution is -0.139. The Morgan fingerprint density at radius 1 is 1.33 bits per heavy atom. The molecule has 0 heterocycles. The Morgan fingerprint density at radius 2 is 1.94 bits per heavy atom. The van der Waals surface area contributed by atoms with E-state index in [1.54, 1.807) is 0 Å². The molecule has 0 aromatic heterocycles. The van der Waals surface area contributed by atoms with E-state index in [4.69, 9.17) is 17.3 Å². The number of carbonyl (C=O) groups is 1. The number of aliphatic carboxylic acids is 1. The molecule has 0 saturated carbocycles. The van der Waals surface area contributed by atoms with Crippen LogP contribution in [0.4, 0.5) is 5.69 Å². The Balaban J connectivity index is 2.54. The minimum absolute atomic E-state index is 0.290. The minimum Gasteiger partial charge on any atom is -0.480 e. The molecule has 0 aliphatic carbocycles. The van der Waals surface area contributed by atoms with E-state index < -0.39 is 12.0 Å². The molecular formula is C13H18N2O2S. The van der Waals surface area contributed by atoms with Crippen LogP contribution in [0.5, 0.6) is 0 Å². The summed E-state index contributed by atoms with van der Waals surface area (Å²) in [5.74, 6) is -0.598. The van der Waals surface area contributed by atoms with Crippen molar-refractivity contribution in [1.82, 2.24) is 5.32 Å². The highest BCUT2D eigenvalue weighted by molar-refractivity contribution is 7.80. The zero-order valence-corrected chi connectivity index (χ0v) is 11.3. The van der Waals surface area contributed by atoms with Gasteiger partial charge in [-0.05, 0) is 36.7 Å². The van der Waals surface area contributed by atoms with Crippen molar-refractivity contribution in [2.45, 2.75) is 26.3 Å². The summed E-state index contributed by atoms with van der Waals surface area (Å²) < 4.78 is 0. The van der Waals surface area contributed by atoms with Crippen LogP contribution in [0.2, 0.25) is 0 Å². The quantitative estimate of drug-likeness (QED) is 0.715. The Hall–Kier alpha value is -1.62. The van der Waals surface area contributed by atoms with E-state index in [0.29, 0.717) is 11.5 Å². The van der Waals surface area contributed by atoms with Crippen LogP contribution in [0.15, 0.2) is 30.3 Å². The molecule has 4 nitrogen and oxygen atoms in total. The molecule has 5 heteroatoms. The number of carboxylic acids is 1. The Morgan fingerprint density at radius 3 is 2.44 bits per heavy atom. The molecule has 1 atom stereocenters. The van der Waals surface area contributed by atoms with Crippen LogP contribution in [0.1, 0.15) is 20.3 Å².